The Morgan fingerprint density at radius 3 is 2.84 bits per heavy atom. The topological polar surface area (TPSA) is 77.7 Å². The molecule has 3 heterocycles. The maximum atomic E-state index is 12.7. The van der Waals surface area contributed by atoms with Crippen molar-refractivity contribution in [1.29, 1.82) is 0 Å². The second-order valence-corrected chi connectivity index (χ2v) is 8.52. The Kier molecular flexibility index (Phi) is 3.85. The van der Waals surface area contributed by atoms with Gasteiger partial charge >= 0.3 is 0 Å². The predicted octanol–water partition coefficient (Wildman–Crippen LogP) is 3.07. The van der Waals surface area contributed by atoms with Gasteiger partial charge in [0.1, 0.15) is 17.1 Å². The molecule has 0 unspecified atom stereocenters. The van der Waals surface area contributed by atoms with E-state index in [1.165, 1.54) is 6.33 Å². The van der Waals surface area contributed by atoms with Crippen LogP contribution >= 0.6 is 11.5 Å². The smallest absolute Gasteiger partial charge is 0.185 e. The molecule has 4 rings (SSSR count). The summed E-state index contributed by atoms with van der Waals surface area (Å²) in [4.78, 5) is 8.41. The van der Waals surface area contributed by atoms with Crippen LogP contribution in [0.5, 0.6) is 0 Å². The molecule has 8 heteroatoms. The van der Waals surface area contributed by atoms with Gasteiger partial charge in [-0.2, -0.15) is 4.37 Å². The second-order valence-electron chi connectivity index (χ2n) is 5.67. The number of rotatable bonds is 4. The van der Waals surface area contributed by atoms with Crippen LogP contribution in [0.4, 0.5) is 0 Å². The Hall–Kier alpha value is -2.58. The van der Waals surface area contributed by atoms with Crippen LogP contribution in [0.3, 0.4) is 0 Å². The first-order valence-corrected chi connectivity index (χ1v) is 9.95. The van der Waals surface area contributed by atoms with Gasteiger partial charge < -0.3 is 4.57 Å². The molecule has 6 nitrogen and oxygen atoms in total. The van der Waals surface area contributed by atoms with E-state index >= 15 is 0 Å². The highest BCUT2D eigenvalue weighted by Crippen LogP contribution is 2.31. The van der Waals surface area contributed by atoms with Gasteiger partial charge in [-0.25, -0.2) is 13.4 Å². The fourth-order valence-corrected chi connectivity index (χ4v) is 4.93. The summed E-state index contributed by atoms with van der Waals surface area (Å²) in [6, 6.07) is 9.09. The summed E-state index contributed by atoms with van der Waals surface area (Å²) in [5, 5.41) is 1.48. The SMILES string of the molecule is Cn1cc(-c2cccnc2)c2ccc(S(=O)(=O)Cc3ncns3)cc21. The highest BCUT2D eigenvalue weighted by atomic mass is 32.2. The molecule has 0 aliphatic carbocycles. The summed E-state index contributed by atoms with van der Waals surface area (Å²) in [5.74, 6) is -0.136. The van der Waals surface area contributed by atoms with E-state index in [4.69, 9.17) is 0 Å². The lowest BCUT2D eigenvalue weighted by molar-refractivity contribution is 0.595. The third-order valence-electron chi connectivity index (χ3n) is 4.01. The first kappa shape index (κ1) is 15.9. The molecule has 0 aliphatic heterocycles. The van der Waals surface area contributed by atoms with Gasteiger partial charge in [-0.15, -0.1) is 0 Å². The number of nitrogens with zero attached hydrogens (tertiary/aromatic N) is 4. The van der Waals surface area contributed by atoms with Crippen molar-refractivity contribution in [2.45, 2.75) is 10.6 Å². The summed E-state index contributed by atoms with van der Waals surface area (Å²) in [6.07, 6.45) is 6.89. The summed E-state index contributed by atoms with van der Waals surface area (Å²) in [6.45, 7) is 0. The molecular weight excluding hydrogens is 356 g/mol. The molecule has 0 aliphatic rings. The number of hydrogen-bond donors (Lipinski definition) is 0. The third-order valence-corrected chi connectivity index (χ3v) is 6.48. The molecule has 1 aromatic carbocycles. The zero-order chi connectivity index (χ0) is 17.4. The first-order chi connectivity index (χ1) is 12.0. The molecule has 126 valence electrons. The highest BCUT2D eigenvalue weighted by Gasteiger charge is 2.19. The molecule has 25 heavy (non-hydrogen) atoms. The Balaban J connectivity index is 1.80. The molecule has 0 fully saturated rings. The molecule has 0 bridgehead atoms. The van der Waals surface area contributed by atoms with Crippen LogP contribution in [-0.4, -0.2) is 27.3 Å². The van der Waals surface area contributed by atoms with Gasteiger partial charge in [0.2, 0.25) is 0 Å². The normalized spacial score (nSPS) is 11.9. The van der Waals surface area contributed by atoms with Crippen molar-refractivity contribution >= 4 is 32.3 Å². The number of benzene rings is 1. The van der Waals surface area contributed by atoms with Gasteiger partial charge in [0.25, 0.3) is 0 Å². The number of fused-ring (bicyclic) bond motifs is 1. The average Bonchev–Trinajstić information content (AvgIpc) is 3.23. The first-order valence-electron chi connectivity index (χ1n) is 7.52. The van der Waals surface area contributed by atoms with E-state index in [0.717, 1.165) is 33.6 Å². The van der Waals surface area contributed by atoms with E-state index in [0.29, 0.717) is 5.01 Å². The molecule has 0 atom stereocenters. The standard InChI is InChI=1S/C17H14N4O2S2/c1-21-9-15(12-3-2-6-18-8-12)14-5-4-13(7-16(14)21)25(22,23)10-17-19-11-20-24-17/h2-9,11H,10H2,1H3. The van der Waals surface area contributed by atoms with Crippen molar-refractivity contribution in [2.24, 2.45) is 7.05 Å². The molecule has 4 aromatic rings. The maximum absolute atomic E-state index is 12.7. The quantitative estimate of drug-likeness (QED) is 0.552. The van der Waals surface area contributed by atoms with Crippen molar-refractivity contribution < 1.29 is 8.42 Å². The zero-order valence-electron chi connectivity index (χ0n) is 13.3. The van der Waals surface area contributed by atoms with E-state index < -0.39 is 9.84 Å². The van der Waals surface area contributed by atoms with Gasteiger partial charge in [-0.3, -0.25) is 4.98 Å². The van der Waals surface area contributed by atoms with Crippen LogP contribution in [-0.2, 0) is 22.6 Å². The van der Waals surface area contributed by atoms with Crippen molar-refractivity contribution in [1.82, 2.24) is 18.9 Å². The Bertz CT molecular complexity index is 1130. The fraction of sp³-hybridized carbons (Fsp3) is 0.118. The largest absolute Gasteiger partial charge is 0.350 e. The van der Waals surface area contributed by atoms with Gasteiger partial charge in [0.05, 0.1) is 4.90 Å². The van der Waals surface area contributed by atoms with E-state index in [-0.39, 0.29) is 10.6 Å². The molecule has 0 radical (unpaired) electrons. The van der Waals surface area contributed by atoms with Crippen molar-refractivity contribution in [3.8, 4) is 11.1 Å². The minimum atomic E-state index is -3.46. The van der Waals surface area contributed by atoms with Crippen LogP contribution in [0.2, 0.25) is 0 Å². The molecule has 0 saturated carbocycles. The summed E-state index contributed by atoms with van der Waals surface area (Å²) in [7, 11) is -1.56. The Labute approximate surface area is 148 Å². The Morgan fingerprint density at radius 1 is 1.24 bits per heavy atom. The van der Waals surface area contributed by atoms with Crippen LogP contribution in [0.15, 0.2) is 60.1 Å². The van der Waals surface area contributed by atoms with Crippen LogP contribution < -0.4 is 0 Å². The fourth-order valence-electron chi connectivity index (χ4n) is 2.81. The molecule has 0 spiro atoms. The number of sulfone groups is 1. The van der Waals surface area contributed by atoms with Crippen molar-refractivity contribution in [3.63, 3.8) is 0 Å². The lowest BCUT2D eigenvalue weighted by atomic mass is 10.1. The number of aryl methyl sites for hydroxylation is 1. The van der Waals surface area contributed by atoms with E-state index in [9.17, 15) is 8.42 Å². The van der Waals surface area contributed by atoms with Gasteiger partial charge in [-0.1, -0.05) is 12.1 Å². The van der Waals surface area contributed by atoms with Crippen molar-refractivity contribution in [3.05, 3.63) is 60.3 Å². The summed E-state index contributed by atoms with van der Waals surface area (Å²) in [5.41, 5.74) is 2.88. The van der Waals surface area contributed by atoms with Gasteiger partial charge in [0.15, 0.2) is 9.84 Å². The molecule has 3 aromatic heterocycles. The maximum Gasteiger partial charge on any atom is 0.185 e. The van der Waals surface area contributed by atoms with Crippen molar-refractivity contribution in [2.75, 3.05) is 0 Å². The summed E-state index contributed by atoms with van der Waals surface area (Å²) >= 11 is 1.10. The second kappa shape index (κ2) is 6.05. The Morgan fingerprint density at radius 2 is 2.12 bits per heavy atom. The lowest BCUT2D eigenvalue weighted by Gasteiger charge is -2.04. The predicted molar refractivity (Wildman–Crippen MR) is 96.9 cm³/mol. The third kappa shape index (κ3) is 2.94. The molecule has 0 N–H and O–H groups in total. The van der Waals surface area contributed by atoms with Crippen LogP contribution in [0.1, 0.15) is 5.01 Å². The van der Waals surface area contributed by atoms with Gasteiger partial charge in [-0.05, 0) is 29.7 Å². The number of aromatic nitrogens is 4. The average molecular weight is 370 g/mol. The summed E-state index contributed by atoms with van der Waals surface area (Å²) < 4.78 is 31.1. The molecule has 0 saturated heterocycles. The zero-order valence-corrected chi connectivity index (χ0v) is 15.0. The molecular formula is C17H14N4O2S2. The van der Waals surface area contributed by atoms with E-state index in [2.05, 4.69) is 14.3 Å². The minimum absolute atomic E-state index is 0.136. The number of pyridine rings is 1. The number of hydrogen-bond acceptors (Lipinski definition) is 6. The van der Waals surface area contributed by atoms with Crippen LogP contribution in [0.25, 0.3) is 22.0 Å². The van der Waals surface area contributed by atoms with E-state index in [1.54, 1.807) is 24.5 Å². The van der Waals surface area contributed by atoms with Gasteiger partial charge in [0, 0.05) is 47.7 Å². The highest BCUT2D eigenvalue weighted by molar-refractivity contribution is 7.90. The minimum Gasteiger partial charge on any atom is -0.350 e. The molecule has 0 amide bonds. The van der Waals surface area contributed by atoms with E-state index in [1.807, 2.05) is 36.0 Å². The van der Waals surface area contributed by atoms with Crippen LogP contribution in [0, 0.1) is 0 Å². The monoisotopic (exact) mass is 370 g/mol. The lowest BCUT2D eigenvalue weighted by Crippen LogP contribution is -2.04.